The molecule has 0 spiro atoms. The van der Waals surface area contributed by atoms with Crippen LogP contribution in [0.1, 0.15) is 60.3 Å². The summed E-state index contributed by atoms with van der Waals surface area (Å²) in [5, 5.41) is 21.2. The zero-order valence-corrected chi connectivity index (χ0v) is 27.3. The molecule has 1 aliphatic heterocycles. The van der Waals surface area contributed by atoms with Crippen LogP contribution in [-0.2, 0) is 32.2 Å². The highest BCUT2D eigenvalue weighted by molar-refractivity contribution is 8.01. The van der Waals surface area contributed by atoms with Gasteiger partial charge in [-0.1, -0.05) is 90.6 Å². The molecule has 0 bridgehead atoms. The fraction of sp³-hybridized carbons (Fsp3) is 0.270. The molecular formula is C37H36N2O6S2. The third-order valence-corrected chi connectivity index (χ3v) is 10.3. The summed E-state index contributed by atoms with van der Waals surface area (Å²) in [5.74, 6) is -0.315. The third-order valence-electron chi connectivity index (χ3n) is 8.01. The average Bonchev–Trinajstić information content (AvgIpc) is 3.53. The van der Waals surface area contributed by atoms with Gasteiger partial charge in [0.1, 0.15) is 0 Å². The molecule has 5 aromatic rings. The summed E-state index contributed by atoms with van der Waals surface area (Å²) < 4.78 is 15.3. The van der Waals surface area contributed by atoms with E-state index in [9.17, 15) is 14.7 Å². The molecule has 10 heteroatoms. The maximum absolute atomic E-state index is 12.1. The SMILES string of the molecule is O=C(O)CCCC(=O)NCc1cccc(-c2ccc([C@H]3O[C@@H](CSc4nc5ccccc5s4)C[C@@H](c4ccc(CO)cc4)O3)cc2)c1. The fourth-order valence-electron chi connectivity index (χ4n) is 5.48. The number of nitrogens with zero attached hydrogens (tertiary/aromatic N) is 1. The molecule has 0 aliphatic carbocycles. The standard InChI is InChI=1S/C37H36N2O6S2/c40-22-24-11-13-27(14-12-24)32-20-30(23-46-37-39-31-7-1-2-8-33(31)47-37)44-36(45-32)28-17-15-26(16-18-28)29-6-3-5-25(19-29)21-38-34(41)9-4-10-35(42)43/h1-3,5-8,11-19,30,32,36,40H,4,9-10,20-23H2,(H,38,41)(H,42,43)/t30-,32+,36+/m1/s1. The van der Waals surface area contributed by atoms with E-state index < -0.39 is 12.3 Å². The second-order valence-electron chi connectivity index (χ2n) is 11.5. The van der Waals surface area contributed by atoms with Crippen LogP contribution in [0.2, 0.25) is 0 Å². The number of nitrogens with one attached hydrogen (secondary N) is 1. The number of para-hydroxylation sites is 1. The molecular weight excluding hydrogens is 633 g/mol. The minimum absolute atomic E-state index is 0.00252. The predicted octanol–water partition coefficient (Wildman–Crippen LogP) is 7.66. The Hall–Kier alpha value is -4.06. The number of aromatic nitrogens is 1. The molecule has 1 amide bonds. The van der Waals surface area contributed by atoms with Crippen LogP contribution < -0.4 is 5.32 Å². The maximum Gasteiger partial charge on any atom is 0.303 e. The smallest absolute Gasteiger partial charge is 0.303 e. The molecule has 6 rings (SSSR count). The van der Waals surface area contributed by atoms with Crippen molar-refractivity contribution < 1.29 is 29.3 Å². The molecule has 2 heterocycles. The number of carbonyl (C=O) groups is 2. The van der Waals surface area contributed by atoms with E-state index in [0.29, 0.717) is 19.4 Å². The first-order valence-electron chi connectivity index (χ1n) is 15.6. The van der Waals surface area contributed by atoms with Gasteiger partial charge in [-0.05, 0) is 52.4 Å². The van der Waals surface area contributed by atoms with E-state index >= 15 is 0 Å². The quantitative estimate of drug-likeness (QED) is 0.110. The van der Waals surface area contributed by atoms with E-state index in [2.05, 4.69) is 23.5 Å². The van der Waals surface area contributed by atoms with Gasteiger partial charge in [0.2, 0.25) is 5.91 Å². The van der Waals surface area contributed by atoms with Crippen molar-refractivity contribution in [1.82, 2.24) is 10.3 Å². The number of ether oxygens (including phenoxy) is 2. The molecule has 4 aromatic carbocycles. The first kappa shape index (κ1) is 32.9. The number of carboxylic acid groups (broad SMARTS) is 1. The lowest BCUT2D eigenvalue weighted by molar-refractivity contribution is -0.245. The van der Waals surface area contributed by atoms with Gasteiger partial charge in [-0.25, -0.2) is 4.98 Å². The molecule has 242 valence electrons. The number of thiazole rings is 1. The Labute approximate surface area is 281 Å². The van der Waals surface area contributed by atoms with Crippen molar-refractivity contribution in [2.24, 2.45) is 0 Å². The van der Waals surface area contributed by atoms with Gasteiger partial charge in [-0.15, -0.1) is 11.3 Å². The Kier molecular flexibility index (Phi) is 11.0. The minimum Gasteiger partial charge on any atom is -0.481 e. The van der Waals surface area contributed by atoms with Crippen LogP contribution >= 0.6 is 23.1 Å². The van der Waals surface area contributed by atoms with E-state index in [1.165, 1.54) is 4.70 Å². The number of aliphatic hydroxyl groups is 1. The average molecular weight is 669 g/mol. The lowest BCUT2D eigenvalue weighted by Gasteiger charge is -2.36. The van der Waals surface area contributed by atoms with Crippen LogP contribution in [0.4, 0.5) is 0 Å². The number of carboxylic acids is 1. The zero-order chi connectivity index (χ0) is 32.6. The lowest BCUT2D eigenvalue weighted by atomic mass is 9.99. The van der Waals surface area contributed by atoms with Crippen LogP contribution in [0.5, 0.6) is 0 Å². The number of thioether (sulfide) groups is 1. The van der Waals surface area contributed by atoms with Crippen LogP contribution in [0.15, 0.2) is 101 Å². The van der Waals surface area contributed by atoms with Gasteiger partial charge in [0.15, 0.2) is 10.6 Å². The van der Waals surface area contributed by atoms with E-state index in [-0.39, 0.29) is 37.6 Å². The van der Waals surface area contributed by atoms with Gasteiger partial charge in [0.25, 0.3) is 0 Å². The number of fused-ring (bicyclic) bond motifs is 1. The van der Waals surface area contributed by atoms with Gasteiger partial charge in [-0.3, -0.25) is 9.59 Å². The number of carbonyl (C=O) groups excluding carboxylic acids is 1. The highest BCUT2D eigenvalue weighted by Crippen LogP contribution is 2.40. The third kappa shape index (κ3) is 8.85. The van der Waals surface area contributed by atoms with Gasteiger partial charge in [0.05, 0.1) is 29.0 Å². The first-order valence-corrected chi connectivity index (χ1v) is 17.4. The Bertz CT molecular complexity index is 1780. The number of rotatable bonds is 13. The Balaban J connectivity index is 1.13. The largest absolute Gasteiger partial charge is 0.481 e. The molecule has 3 N–H and O–H groups in total. The van der Waals surface area contributed by atoms with E-state index in [0.717, 1.165) is 49.0 Å². The Morgan fingerprint density at radius 3 is 2.43 bits per heavy atom. The monoisotopic (exact) mass is 668 g/mol. The van der Waals surface area contributed by atoms with Crippen LogP contribution in [-0.4, -0.2) is 38.9 Å². The number of aliphatic hydroxyl groups excluding tert-OH is 1. The van der Waals surface area contributed by atoms with Crippen LogP contribution in [0.25, 0.3) is 21.3 Å². The molecule has 1 fully saturated rings. The van der Waals surface area contributed by atoms with Crippen LogP contribution in [0.3, 0.4) is 0 Å². The van der Waals surface area contributed by atoms with Gasteiger partial charge in [-0.2, -0.15) is 0 Å². The highest BCUT2D eigenvalue weighted by Gasteiger charge is 2.32. The highest BCUT2D eigenvalue weighted by atomic mass is 32.2. The van der Waals surface area contributed by atoms with Crippen molar-refractivity contribution in [3.63, 3.8) is 0 Å². The summed E-state index contributed by atoms with van der Waals surface area (Å²) >= 11 is 3.40. The summed E-state index contributed by atoms with van der Waals surface area (Å²) in [7, 11) is 0. The summed E-state index contributed by atoms with van der Waals surface area (Å²) in [6.07, 6.45) is 0.411. The van der Waals surface area contributed by atoms with Crippen molar-refractivity contribution in [1.29, 1.82) is 0 Å². The number of hydrogen-bond donors (Lipinski definition) is 3. The summed E-state index contributed by atoms with van der Waals surface area (Å²) in [6, 6.07) is 32.2. The Morgan fingerprint density at radius 2 is 1.66 bits per heavy atom. The number of aliphatic carboxylic acids is 1. The molecule has 0 saturated carbocycles. The molecule has 3 atom stereocenters. The Morgan fingerprint density at radius 1 is 0.872 bits per heavy atom. The van der Waals surface area contributed by atoms with E-state index in [4.69, 9.17) is 19.6 Å². The minimum atomic E-state index is -0.897. The predicted molar refractivity (Wildman–Crippen MR) is 184 cm³/mol. The van der Waals surface area contributed by atoms with Gasteiger partial charge < -0.3 is 25.0 Å². The first-order chi connectivity index (χ1) is 22.9. The van der Waals surface area contributed by atoms with Crippen molar-refractivity contribution in [2.75, 3.05) is 5.75 Å². The van der Waals surface area contributed by atoms with E-state index in [1.54, 1.807) is 23.1 Å². The van der Waals surface area contributed by atoms with Crippen molar-refractivity contribution in [2.45, 2.75) is 61.7 Å². The second kappa shape index (κ2) is 15.7. The molecule has 0 radical (unpaired) electrons. The summed E-state index contributed by atoms with van der Waals surface area (Å²) in [6.45, 7) is 0.371. The van der Waals surface area contributed by atoms with Crippen molar-refractivity contribution in [3.05, 3.63) is 119 Å². The molecule has 47 heavy (non-hydrogen) atoms. The second-order valence-corrected chi connectivity index (χ2v) is 13.8. The normalized spacial score (nSPS) is 17.9. The summed E-state index contributed by atoms with van der Waals surface area (Å²) in [5.41, 5.74) is 6.85. The van der Waals surface area contributed by atoms with E-state index in [1.807, 2.05) is 78.9 Å². The van der Waals surface area contributed by atoms with Gasteiger partial charge >= 0.3 is 5.97 Å². The molecule has 1 saturated heterocycles. The maximum atomic E-state index is 12.1. The van der Waals surface area contributed by atoms with Crippen molar-refractivity contribution in [3.8, 4) is 11.1 Å². The molecule has 1 aliphatic rings. The lowest BCUT2D eigenvalue weighted by Crippen LogP contribution is -2.31. The van der Waals surface area contributed by atoms with Crippen LogP contribution in [0, 0.1) is 0 Å². The van der Waals surface area contributed by atoms with Crippen molar-refractivity contribution >= 4 is 45.2 Å². The van der Waals surface area contributed by atoms with Gasteiger partial charge in [0, 0.05) is 37.1 Å². The number of amides is 1. The molecule has 1 aromatic heterocycles. The number of hydrogen-bond acceptors (Lipinski definition) is 8. The fourth-order valence-corrected chi connectivity index (χ4v) is 7.59. The molecule has 0 unspecified atom stereocenters. The topological polar surface area (TPSA) is 118 Å². The number of benzene rings is 4. The summed E-state index contributed by atoms with van der Waals surface area (Å²) in [4.78, 5) is 27.6. The molecule has 8 nitrogen and oxygen atoms in total. The zero-order valence-electron chi connectivity index (χ0n) is 25.7.